The van der Waals surface area contributed by atoms with Crippen LogP contribution >= 0.6 is 0 Å². The van der Waals surface area contributed by atoms with Gasteiger partial charge in [-0.3, -0.25) is 19.2 Å². The lowest BCUT2D eigenvalue weighted by Crippen LogP contribution is -2.58. The fourth-order valence-corrected chi connectivity index (χ4v) is 2.98. The highest BCUT2D eigenvalue weighted by molar-refractivity contribution is 5.94. The lowest BCUT2D eigenvalue weighted by molar-refractivity contribution is -0.142. The molecule has 0 aliphatic heterocycles. The number of carboxylic acids is 1. The molecule has 0 aromatic heterocycles. The molecule has 0 fully saturated rings. The van der Waals surface area contributed by atoms with E-state index in [4.69, 9.17) is 10.8 Å². The van der Waals surface area contributed by atoms with Gasteiger partial charge in [-0.25, -0.2) is 0 Å². The molecular weight excluding hydrogens is 412 g/mol. The summed E-state index contributed by atoms with van der Waals surface area (Å²) >= 11 is 0. The maximum Gasteiger partial charge on any atom is 0.325 e. The van der Waals surface area contributed by atoms with Crippen LogP contribution in [0.15, 0.2) is 30.3 Å². The van der Waals surface area contributed by atoms with Crippen molar-refractivity contribution in [3.05, 3.63) is 35.9 Å². The molecular formula is C23H36N4O5. The Morgan fingerprint density at radius 2 is 1.38 bits per heavy atom. The van der Waals surface area contributed by atoms with Crippen LogP contribution in [-0.2, 0) is 25.6 Å². The number of hydrogen-bond acceptors (Lipinski definition) is 5. The van der Waals surface area contributed by atoms with Crippen molar-refractivity contribution >= 4 is 23.7 Å². The van der Waals surface area contributed by atoms with Gasteiger partial charge in [0.15, 0.2) is 0 Å². The number of carboxylic acid groups (broad SMARTS) is 1. The van der Waals surface area contributed by atoms with Gasteiger partial charge in [-0.05, 0) is 30.7 Å². The molecule has 0 heterocycles. The maximum absolute atomic E-state index is 13.1. The molecule has 4 atom stereocenters. The molecule has 3 amide bonds. The Morgan fingerprint density at radius 3 is 1.88 bits per heavy atom. The first-order chi connectivity index (χ1) is 14.9. The summed E-state index contributed by atoms with van der Waals surface area (Å²) in [5.41, 5.74) is 6.77. The van der Waals surface area contributed by atoms with Gasteiger partial charge in [-0.2, -0.15) is 0 Å². The number of hydrogen-bond donors (Lipinski definition) is 5. The van der Waals surface area contributed by atoms with Gasteiger partial charge in [0.05, 0.1) is 6.04 Å². The molecule has 9 nitrogen and oxygen atoms in total. The molecule has 178 valence electrons. The SMILES string of the molecule is CC(C)CC(NC(=O)C(Cc1ccccc1)NC(=O)C(N)C(C)C)C(=O)NC(C)C(=O)O. The largest absolute Gasteiger partial charge is 0.480 e. The van der Waals surface area contributed by atoms with Gasteiger partial charge in [0.2, 0.25) is 17.7 Å². The Kier molecular flexibility index (Phi) is 10.8. The monoisotopic (exact) mass is 448 g/mol. The molecule has 0 aliphatic rings. The van der Waals surface area contributed by atoms with Gasteiger partial charge < -0.3 is 26.8 Å². The summed E-state index contributed by atoms with van der Waals surface area (Å²) in [7, 11) is 0. The molecule has 0 aliphatic carbocycles. The topological polar surface area (TPSA) is 151 Å². The first-order valence-corrected chi connectivity index (χ1v) is 10.9. The molecule has 32 heavy (non-hydrogen) atoms. The summed E-state index contributed by atoms with van der Waals surface area (Å²) in [5, 5.41) is 16.8. The average Bonchev–Trinajstić information content (AvgIpc) is 2.72. The lowest BCUT2D eigenvalue weighted by atomic mass is 10.00. The summed E-state index contributed by atoms with van der Waals surface area (Å²) in [4.78, 5) is 49.4. The fourth-order valence-electron chi connectivity index (χ4n) is 2.98. The minimum Gasteiger partial charge on any atom is -0.480 e. The van der Waals surface area contributed by atoms with Crippen LogP contribution in [0.4, 0.5) is 0 Å². The molecule has 9 heteroatoms. The number of benzene rings is 1. The van der Waals surface area contributed by atoms with E-state index in [2.05, 4.69) is 16.0 Å². The summed E-state index contributed by atoms with van der Waals surface area (Å²) in [6.07, 6.45) is 0.520. The summed E-state index contributed by atoms with van der Waals surface area (Å²) in [6, 6.07) is 5.39. The smallest absolute Gasteiger partial charge is 0.325 e. The molecule has 0 radical (unpaired) electrons. The maximum atomic E-state index is 13.1. The van der Waals surface area contributed by atoms with Gasteiger partial charge in [0.25, 0.3) is 0 Å². The Hall–Kier alpha value is -2.94. The first-order valence-electron chi connectivity index (χ1n) is 10.9. The normalized spacial score (nSPS) is 14.9. The van der Waals surface area contributed by atoms with Gasteiger partial charge in [0.1, 0.15) is 18.1 Å². The quantitative estimate of drug-likeness (QED) is 0.319. The van der Waals surface area contributed by atoms with Crippen molar-refractivity contribution < 1.29 is 24.3 Å². The molecule has 1 aromatic carbocycles. The predicted molar refractivity (Wildman–Crippen MR) is 122 cm³/mol. The average molecular weight is 449 g/mol. The van der Waals surface area contributed by atoms with E-state index in [1.54, 1.807) is 0 Å². The van der Waals surface area contributed by atoms with E-state index < -0.39 is 47.9 Å². The van der Waals surface area contributed by atoms with Crippen molar-refractivity contribution in [1.82, 2.24) is 16.0 Å². The molecule has 0 saturated carbocycles. The highest BCUT2D eigenvalue weighted by Gasteiger charge is 2.30. The van der Waals surface area contributed by atoms with Crippen LogP contribution in [0.25, 0.3) is 0 Å². The summed E-state index contributed by atoms with van der Waals surface area (Å²) in [6.45, 7) is 8.74. The van der Waals surface area contributed by atoms with Crippen LogP contribution in [-0.4, -0.2) is 53.0 Å². The second-order valence-electron chi connectivity index (χ2n) is 8.78. The second kappa shape index (κ2) is 12.8. The van der Waals surface area contributed by atoms with Gasteiger partial charge in [0, 0.05) is 6.42 Å². The van der Waals surface area contributed by atoms with Gasteiger partial charge >= 0.3 is 5.97 Å². The predicted octanol–water partition coefficient (Wildman–Crippen LogP) is 0.817. The summed E-state index contributed by atoms with van der Waals surface area (Å²) in [5.74, 6) is -2.83. The standard InChI is InChI=1S/C23H36N4O5/c1-13(2)11-17(20(28)25-15(5)23(31)32)26-21(29)18(12-16-9-7-6-8-10-16)27-22(30)19(24)14(3)4/h6-10,13-15,17-19H,11-12,24H2,1-5H3,(H,25,28)(H,26,29)(H,27,30)(H,31,32). The molecule has 0 saturated heterocycles. The number of nitrogens with two attached hydrogens (primary N) is 1. The van der Waals surface area contributed by atoms with E-state index in [-0.39, 0.29) is 18.3 Å². The van der Waals surface area contributed by atoms with Crippen LogP contribution in [0.2, 0.25) is 0 Å². The van der Waals surface area contributed by atoms with Crippen LogP contribution in [0.5, 0.6) is 0 Å². The number of rotatable bonds is 12. The third-order valence-electron chi connectivity index (χ3n) is 5.01. The highest BCUT2D eigenvalue weighted by Crippen LogP contribution is 2.09. The van der Waals surface area contributed by atoms with Crippen LogP contribution in [0, 0.1) is 11.8 Å². The lowest BCUT2D eigenvalue weighted by Gasteiger charge is -2.26. The van der Waals surface area contributed by atoms with Crippen molar-refractivity contribution in [3.63, 3.8) is 0 Å². The molecule has 0 bridgehead atoms. The number of carbonyl (C=O) groups is 4. The van der Waals surface area contributed by atoms with E-state index in [1.807, 2.05) is 58.0 Å². The van der Waals surface area contributed by atoms with E-state index >= 15 is 0 Å². The van der Waals surface area contributed by atoms with Crippen molar-refractivity contribution in [2.24, 2.45) is 17.6 Å². The zero-order valence-corrected chi connectivity index (χ0v) is 19.4. The molecule has 1 rings (SSSR count). The zero-order chi connectivity index (χ0) is 24.4. The number of amides is 3. The third kappa shape index (κ3) is 9.05. The van der Waals surface area contributed by atoms with Crippen molar-refractivity contribution in [1.29, 1.82) is 0 Å². The van der Waals surface area contributed by atoms with Crippen LogP contribution in [0.1, 0.15) is 46.6 Å². The Labute approximate surface area is 189 Å². The van der Waals surface area contributed by atoms with Crippen LogP contribution in [0.3, 0.4) is 0 Å². The Morgan fingerprint density at radius 1 is 0.844 bits per heavy atom. The Bertz CT molecular complexity index is 782. The molecule has 6 N–H and O–H groups in total. The fraction of sp³-hybridized carbons (Fsp3) is 0.565. The highest BCUT2D eigenvalue weighted by atomic mass is 16.4. The third-order valence-corrected chi connectivity index (χ3v) is 5.01. The second-order valence-corrected chi connectivity index (χ2v) is 8.78. The first kappa shape index (κ1) is 27.1. The van der Waals surface area contributed by atoms with Crippen molar-refractivity contribution in [2.75, 3.05) is 0 Å². The van der Waals surface area contributed by atoms with Gasteiger partial charge in [-0.1, -0.05) is 58.0 Å². The molecule has 4 unspecified atom stereocenters. The van der Waals surface area contributed by atoms with Crippen molar-refractivity contribution in [3.8, 4) is 0 Å². The number of nitrogens with one attached hydrogen (secondary N) is 3. The van der Waals surface area contributed by atoms with Crippen LogP contribution < -0.4 is 21.7 Å². The summed E-state index contributed by atoms with van der Waals surface area (Å²) < 4.78 is 0. The number of carbonyl (C=O) groups excluding carboxylic acids is 3. The Balaban J connectivity index is 3.05. The van der Waals surface area contributed by atoms with E-state index in [1.165, 1.54) is 6.92 Å². The van der Waals surface area contributed by atoms with Crippen molar-refractivity contribution in [2.45, 2.75) is 71.6 Å². The molecule has 0 spiro atoms. The van der Waals surface area contributed by atoms with E-state index in [0.717, 1.165) is 5.56 Å². The zero-order valence-electron chi connectivity index (χ0n) is 19.4. The van der Waals surface area contributed by atoms with E-state index in [0.29, 0.717) is 6.42 Å². The minimum atomic E-state index is -1.18. The van der Waals surface area contributed by atoms with E-state index in [9.17, 15) is 19.2 Å². The minimum absolute atomic E-state index is 0.0581. The number of aliphatic carboxylic acids is 1. The van der Waals surface area contributed by atoms with Gasteiger partial charge in [-0.15, -0.1) is 0 Å². The molecule has 1 aromatic rings.